The van der Waals surface area contributed by atoms with E-state index in [1.165, 1.54) is 6.92 Å². The SMILES string of the molecule is Cc1cc(C(F)(F)F)n(CN)c(=O)c1.Cl. The third-order valence-electron chi connectivity index (χ3n) is 1.75. The highest BCUT2D eigenvalue weighted by molar-refractivity contribution is 5.85. The van der Waals surface area contributed by atoms with Crippen LogP contribution in [-0.2, 0) is 12.8 Å². The van der Waals surface area contributed by atoms with Crippen molar-refractivity contribution in [3.8, 4) is 0 Å². The summed E-state index contributed by atoms with van der Waals surface area (Å²) < 4.78 is 37.6. The molecule has 0 amide bonds. The molecule has 0 aliphatic rings. The molecule has 0 bridgehead atoms. The van der Waals surface area contributed by atoms with Crippen molar-refractivity contribution in [2.75, 3.05) is 0 Å². The molecule has 0 aliphatic heterocycles. The Balaban J connectivity index is 0.00000196. The van der Waals surface area contributed by atoms with E-state index in [9.17, 15) is 18.0 Å². The Morgan fingerprint density at radius 3 is 2.33 bits per heavy atom. The molecular weight excluding hydrogens is 233 g/mol. The standard InChI is InChI=1S/C8H9F3N2O.ClH/c1-5-2-6(8(9,10)11)13(4-12)7(14)3-5;/h2-3H,4,12H2,1H3;1H. The molecule has 1 heterocycles. The number of rotatable bonds is 1. The number of halogens is 4. The van der Waals surface area contributed by atoms with Gasteiger partial charge in [0.25, 0.3) is 5.56 Å². The number of nitrogens with zero attached hydrogens (tertiary/aromatic N) is 1. The monoisotopic (exact) mass is 242 g/mol. The quantitative estimate of drug-likeness (QED) is 0.812. The first-order valence-corrected chi connectivity index (χ1v) is 3.85. The molecule has 86 valence electrons. The van der Waals surface area contributed by atoms with E-state index in [-0.39, 0.29) is 18.0 Å². The average molecular weight is 243 g/mol. The molecule has 1 aromatic rings. The van der Waals surface area contributed by atoms with Crippen LogP contribution >= 0.6 is 12.4 Å². The Morgan fingerprint density at radius 1 is 1.40 bits per heavy atom. The van der Waals surface area contributed by atoms with Crippen molar-refractivity contribution in [1.29, 1.82) is 0 Å². The number of pyridine rings is 1. The Morgan fingerprint density at radius 2 is 1.93 bits per heavy atom. The van der Waals surface area contributed by atoms with E-state index in [0.717, 1.165) is 12.1 Å². The van der Waals surface area contributed by atoms with Gasteiger partial charge in [-0.3, -0.25) is 9.36 Å². The first kappa shape index (κ1) is 14.0. The van der Waals surface area contributed by atoms with Crippen LogP contribution in [0.3, 0.4) is 0 Å². The van der Waals surface area contributed by atoms with E-state index >= 15 is 0 Å². The molecule has 1 aromatic heterocycles. The molecule has 1 rings (SSSR count). The number of hydrogen-bond donors (Lipinski definition) is 1. The van der Waals surface area contributed by atoms with Gasteiger partial charge in [-0.15, -0.1) is 12.4 Å². The van der Waals surface area contributed by atoms with Gasteiger partial charge in [-0.25, -0.2) is 0 Å². The molecule has 0 aromatic carbocycles. The molecule has 0 radical (unpaired) electrons. The van der Waals surface area contributed by atoms with E-state index in [0.29, 0.717) is 4.57 Å². The second-order valence-corrected chi connectivity index (χ2v) is 2.86. The van der Waals surface area contributed by atoms with Gasteiger partial charge in [0, 0.05) is 6.07 Å². The van der Waals surface area contributed by atoms with E-state index in [1.54, 1.807) is 0 Å². The van der Waals surface area contributed by atoms with Gasteiger partial charge in [0.05, 0.1) is 6.67 Å². The molecule has 3 nitrogen and oxygen atoms in total. The zero-order valence-electron chi connectivity index (χ0n) is 7.84. The second-order valence-electron chi connectivity index (χ2n) is 2.86. The van der Waals surface area contributed by atoms with Crippen LogP contribution < -0.4 is 11.3 Å². The van der Waals surface area contributed by atoms with E-state index < -0.39 is 24.1 Å². The Bertz CT molecular complexity index is 400. The highest BCUT2D eigenvalue weighted by atomic mass is 35.5. The minimum absolute atomic E-state index is 0. The number of aryl methyl sites for hydroxylation is 1. The van der Waals surface area contributed by atoms with Gasteiger partial charge in [0.1, 0.15) is 5.69 Å². The largest absolute Gasteiger partial charge is 0.431 e. The predicted molar refractivity (Wildman–Crippen MR) is 51.9 cm³/mol. The predicted octanol–water partition coefficient (Wildman–Crippen LogP) is 1.51. The maximum absolute atomic E-state index is 12.4. The average Bonchev–Trinajstić information content (AvgIpc) is 2.01. The van der Waals surface area contributed by atoms with E-state index in [1.807, 2.05) is 0 Å². The van der Waals surface area contributed by atoms with E-state index in [2.05, 4.69) is 0 Å². The summed E-state index contributed by atoms with van der Waals surface area (Å²) in [5.41, 5.74) is 3.59. The lowest BCUT2D eigenvalue weighted by atomic mass is 10.2. The van der Waals surface area contributed by atoms with Crippen LogP contribution in [-0.4, -0.2) is 4.57 Å². The Kier molecular flexibility index (Phi) is 4.36. The van der Waals surface area contributed by atoms with Crippen LogP contribution in [0.25, 0.3) is 0 Å². The van der Waals surface area contributed by atoms with Crippen molar-refractivity contribution in [3.63, 3.8) is 0 Å². The lowest BCUT2D eigenvalue weighted by Crippen LogP contribution is -2.30. The highest BCUT2D eigenvalue weighted by Gasteiger charge is 2.34. The van der Waals surface area contributed by atoms with Crippen LogP contribution in [0, 0.1) is 6.92 Å². The third-order valence-corrected chi connectivity index (χ3v) is 1.75. The van der Waals surface area contributed by atoms with Crippen molar-refractivity contribution in [1.82, 2.24) is 4.57 Å². The zero-order chi connectivity index (χ0) is 10.9. The number of alkyl halides is 3. The van der Waals surface area contributed by atoms with Crippen LogP contribution in [0.1, 0.15) is 11.3 Å². The molecule has 0 saturated heterocycles. The van der Waals surface area contributed by atoms with Crippen molar-refractivity contribution in [2.24, 2.45) is 5.73 Å². The molecule has 0 aliphatic carbocycles. The molecule has 0 fully saturated rings. The molecule has 0 saturated carbocycles. The van der Waals surface area contributed by atoms with Gasteiger partial charge in [0.2, 0.25) is 0 Å². The van der Waals surface area contributed by atoms with Gasteiger partial charge in [0.15, 0.2) is 0 Å². The molecular formula is C8H10ClF3N2O. The maximum Gasteiger partial charge on any atom is 0.431 e. The van der Waals surface area contributed by atoms with Crippen molar-refractivity contribution in [3.05, 3.63) is 33.7 Å². The minimum Gasteiger partial charge on any atom is -0.313 e. The molecule has 15 heavy (non-hydrogen) atoms. The molecule has 0 spiro atoms. The molecule has 7 heteroatoms. The van der Waals surface area contributed by atoms with Crippen LogP contribution in [0.4, 0.5) is 13.2 Å². The zero-order valence-corrected chi connectivity index (χ0v) is 8.65. The normalized spacial score (nSPS) is 11.0. The smallest absolute Gasteiger partial charge is 0.313 e. The first-order valence-electron chi connectivity index (χ1n) is 3.85. The summed E-state index contributed by atoms with van der Waals surface area (Å²) in [5.74, 6) is 0. The maximum atomic E-state index is 12.4. The fourth-order valence-corrected chi connectivity index (χ4v) is 1.15. The molecule has 2 N–H and O–H groups in total. The summed E-state index contributed by atoms with van der Waals surface area (Å²) in [6.45, 7) is 0.950. The van der Waals surface area contributed by atoms with Gasteiger partial charge in [-0.2, -0.15) is 13.2 Å². The number of hydrogen-bond acceptors (Lipinski definition) is 2. The summed E-state index contributed by atoms with van der Waals surface area (Å²) in [6, 6.07) is 2.01. The third kappa shape index (κ3) is 2.97. The van der Waals surface area contributed by atoms with Crippen molar-refractivity contribution < 1.29 is 13.2 Å². The summed E-state index contributed by atoms with van der Waals surface area (Å²) >= 11 is 0. The Labute approximate surface area is 90.1 Å². The van der Waals surface area contributed by atoms with E-state index in [4.69, 9.17) is 5.73 Å². The lowest BCUT2D eigenvalue weighted by Gasteiger charge is -2.13. The Hall–Kier alpha value is -1.01. The van der Waals surface area contributed by atoms with Crippen molar-refractivity contribution in [2.45, 2.75) is 19.8 Å². The number of nitrogens with two attached hydrogens (primary N) is 1. The summed E-state index contributed by atoms with van der Waals surface area (Å²) in [7, 11) is 0. The van der Waals surface area contributed by atoms with Crippen molar-refractivity contribution >= 4 is 12.4 Å². The van der Waals surface area contributed by atoms with Gasteiger partial charge < -0.3 is 5.73 Å². The van der Waals surface area contributed by atoms with Gasteiger partial charge in [-0.1, -0.05) is 0 Å². The highest BCUT2D eigenvalue weighted by Crippen LogP contribution is 2.28. The molecule has 0 atom stereocenters. The lowest BCUT2D eigenvalue weighted by molar-refractivity contribution is -0.144. The first-order chi connectivity index (χ1) is 6.36. The summed E-state index contributed by atoms with van der Waals surface area (Å²) in [6.07, 6.45) is -4.55. The number of aromatic nitrogens is 1. The van der Waals surface area contributed by atoms with Crippen LogP contribution in [0.15, 0.2) is 16.9 Å². The van der Waals surface area contributed by atoms with Crippen LogP contribution in [0.2, 0.25) is 0 Å². The second kappa shape index (κ2) is 4.67. The minimum atomic E-state index is -4.55. The fraction of sp³-hybridized carbons (Fsp3) is 0.375. The summed E-state index contributed by atoms with van der Waals surface area (Å²) in [5, 5.41) is 0. The van der Waals surface area contributed by atoms with Gasteiger partial charge >= 0.3 is 6.18 Å². The van der Waals surface area contributed by atoms with Crippen LogP contribution in [0.5, 0.6) is 0 Å². The fourth-order valence-electron chi connectivity index (χ4n) is 1.15. The topological polar surface area (TPSA) is 48.0 Å². The van der Waals surface area contributed by atoms with Gasteiger partial charge in [-0.05, 0) is 18.6 Å². The summed E-state index contributed by atoms with van der Waals surface area (Å²) in [4.78, 5) is 11.1. The molecule has 0 unspecified atom stereocenters.